The Labute approximate surface area is 224 Å². The molecule has 0 bridgehead atoms. The van der Waals surface area contributed by atoms with Crippen LogP contribution in [0.1, 0.15) is 48.1 Å². The summed E-state index contributed by atoms with van der Waals surface area (Å²) in [7, 11) is -2.84. The quantitative estimate of drug-likeness (QED) is 0.236. The van der Waals surface area contributed by atoms with Gasteiger partial charge in [-0.1, -0.05) is 12.8 Å². The molecule has 3 heterocycles. The van der Waals surface area contributed by atoms with Crippen molar-refractivity contribution in [1.82, 2.24) is 24.4 Å². The second kappa shape index (κ2) is 10.7. The highest BCUT2D eigenvalue weighted by molar-refractivity contribution is 7.85. The molecule has 2 fully saturated rings. The highest BCUT2D eigenvalue weighted by Crippen LogP contribution is 2.33. The molecule has 15 heteroatoms. The SMILES string of the molecule is CN(Cc1nc(NC2CCCC2)c2ncn(C3OC(CO)C(O)C3O)c2n1)C(=O)c1ccc(S(=O)(=O)O)cc1. The molecule has 1 saturated carbocycles. The molecule has 0 spiro atoms. The van der Waals surface area contributed by atoms with Crippen LogP contribution in [-0.4, -0.2) is 96.6 Å². The normalized spacial score (nSPS) is 23.9. The number of aromatic nitrogens is 4. The first-order valence-corrected chi connectivity index (χ1v) is 14.0. The number of nitrogens with zero attached hydrogens (tertiary/aromatic N) is 5. The van der Waals surface area contributed by atoms with Crippen LogP contribution in [0.3, 0.4) is 0 Å². The number of ether oxygens (including phenoxy) is 1. The minimum atomic E-state index is -4.39. The number of hydrogen-bond acceptors (Lipinski definition) is 11. The van der Waals surface area contributed by atoms with Crippen molar-refractivity contribution in [1.29, 1.82) is 0 Å². The van der Waals surface area contributed by atoms with Gasteiger partial charge in [0.1, 0.15) is 18.3 Å². The molecule has 4 unspecified atom stereocenters. The third-order valence-corrected chi connectivity index (χ3v) is 7.95. The fourth-order valence-corrected chi connectivity index (χ4v) is 5.45. The lowest BCUT2D eigenvalue weighted by Gasteiger charge is -2.20. The van der Waals surface area contributed by atoms with E-state index in [0.29, 0.717) is 17.0 Å². The number of aliphatic hydroxyl groups is 3. The summed E-state index contributed by atoms with van der Waals surface area (Å²) < 4.78 is 38.9. The molecular weight excluding hydrogens is 532 g/mol. The molecule has 5 N–H and O–H groups in total. The van der Waals surface area contributed by atoms with Crippen molar-refractivity contribution >= 4 is 33.0 Å². The molecule has 1 aromatic carbocycles. The summed E-state index contributed by atoms with van der Waals surface area (Å²) in [5.41, 5.74) is 0.943. The first kappa shape index (κ1) is 27.4. The van der Waals surface area contributed by atoms with Gasteiger partial charge >= 0.3 is 0 Å². The number of fused-ring (bicyclic) bond motifs is 1. The largest absolute Gasteiger partial charge is 0.394 e. The number of benzene rings is 1. The van der Waals surface area contributed by atoms with E-state index in [-0.39, 0.29) is 28.9 Å². The average Bonchev–Trinajstić information content (AvgIpc) is 3.63. The Morgan fingerprint density at radius 3 is 2.46 bits per heavy atom. The van der Waals surface area contributed by atoms with E-state index in [4.69, 9.17) is 4.74 Å². The fraction of sp³-hybridized carbons (Fsp3) is 0.500. The standard InChI is InChI=1S/C24H30N6O8S/c1-29(23(34)13-6-8-15(9-7-13)39(35,36)37)10-17-27-21(26-14-4-2-3-5-14)18-22(28-17)30(12-25-18)24-20(33)19(32)16(11-31)38-24/h6-9,12,14,16,19-20,24,31-33H,2-5,10-11H2,1H3,(H,26,27,28)(H,35,36,37). The Hall–Kier alpha value is -3.21. The number of imidazole rings is 1. The maximum atomic E-state index is 13.0. The summed E-state index contributed by atoms with van der Waals surface area (Å²) in [6.45, 7) is -0.497. The van der Waals surface area contributed by atoms with E-state index in [0.717, 1.165) is 37.8 Å². The van der Waals surface area contributed by atoms with Crippen molar-refractivity contribution in [3.8, 4) is 0 Å². The maximum absolute atomic E-state index is 13.0. The molecule has 2 aliphatic rings. The van der Waals surface area contributed by atoms with Crippen LogP contribution in [0.4, 0.5) is 5.82 Å². The summed E-state index contributed by atoms with van der Waals surface area (Å²) in [4.78, 5) is 27.7. The van der Waals surface area contributed by atoms with E-state index in [2.05, 4.69) is 20.3 Å². The van der Waals surface area contributed by atoms with Crippen LogP contribution < -0.4 is 5.32 Å². The lowest BCUT2D eigenvalue weighted by atomic mass is 10.1. The predicted octanol–water partition coefficient (Wildman–Crippen LogP) is 0.311. The van der Waals surface area contributed by atoms with E-state index >= 15 is 0 Å². The van der Waals surface area contributed by atoms with Gasteiger partial charge in [0.05, 0.1) is 24.4 Å². The number of rotatable bonds is 8. The number of aliphatic hydroxyl groups excluding tert-OH is 3. The Balaban J connectivity index is 1.46. The highest BCUT2D eigenvalue weighted by Gasteiger charge is 2.44. The first-order chi connectivity index (χ1) is 18.6. The smallest absolute Gasteiger partial charge is 0.294 e. The number of hydrogen-bond donors (Lipinski definition) is 5. The van der Waals surface area contributed by atoms with Crippen LogP contribution in [0, 0.1) is 0 Å². The number of anilines is 1. The minimum absolute atomic E-state index is 0.0185. The number of amides is 1. The molecule has 14 nitrogen and oxygen atoms in total. The number of carbonyl (C=O) groups is 1. The van der Waals surface area contributed by atoms with Gasteiger partial charge in [-0.3, -0.25) is 13.9 Å². The molecule has 2 aromatic heterocycles. The zero-order chi connectivity index (χ0) is 27.9. The molecule has 1 amide bonds. The molecule has 1 aliphatic carbocycles. The highest BCUT2D eigenvalue weighted by atomic mass is 32.2. The van der Waals surface area contributed by atoms with Gasteiger partial charge in [-0.05, 0) is 37.1 Å². The van der Waals surface area contributed by atoms with Gasteiger partial charge in [-0.15, -0.1) is 0 Å². The van der Waals surface area contributed by atoms with Gasteiger partial charge in [0.25, 0.3) is 16.0 Å². The fourth-order valence-electron chi connectivity index (χ4n) is 4.97. The van der Waals surface area contributed by atoms with Crippen LogP contribution in [0.15, 0.2) is 35.5 Å². The van der Waals surface area contributed by atoms with Gasteiger partial charge in [0.15, 0.2) is 29.0 Å². The second-order valence-corrected chi connectivity index (χ2v) is 11.2. The maximum Gasteiger partial charge on any atom is 0.294 e. The van der Waals surface area contributed by atoms with E-state index in [1.807, 2.05) is 0 Å². The molecule has 1 aliphatic heterocycles. The predicted molar refractivity (Wildman–Crippen MR) is 136 cm³/mol. The third-order valence-electron chi connectivity index (χ3n) is 7.08. The van der Waals surface area contributed by atoms with Gasteiger partial charge < -0.3 is 30.3 Å². The van der Waals surface area contributed by atoms with Crippen molar-refractivity contribution in [3.05, 3.63) is 42.0 Å². The second-order valence-electron chi connectivity index (χ2n) is 9.83. The molecule has 4 atom stereocenters. The van der Waals surface area contributed by atoms with Crippen LogP contribution in [0.2, 0.25) is 0 Å². The third kappa shape index (κ3) is 5.46. The Bertz CT molecular complexity index is 1460. The first-order valence-electron chi connectivity index (χ1n) is 12.5. The minimum Gasteiger partial charge on any atom is -0.394 e. The zero-order valence-corrected chi connectivity index (χ0v) is 21.9. The van der Waals surface area contributed by atoms with E-state index < -0.39 is 47.2 Å². The van der Waals surface area contributed by atoms with Crippen LogP contribution >= 0.6 is 0 Å². The zero-order valence-electron chi connectivity index (χ0n) is 21.1. The summed E-state index contributed by atoms with van der Waals surface area (Å²) in [6, 6.07) is 5.08. The van der Waals surface area contributed by atoms with Gasteiger partial charge in [0.2, 0.25) is 0 Å². The Morgan fingerprint density at radius 2 is 1.85 bits per heavy atom. The Morgan fingerprint density at radius 1 is 1.15 bits per heavy atom. The summed E-state index contributed by atoms with van der Waals surface area (Å²) in [5.74, 6) is 0.301. The molecule has 5 rings (SSSR count). The molecular formula is C24H30N6O8S. The molecule has 1 saturated heterocycles. The topological polar surface area (TPSA) is 200 Å². The van der Waals surface area contributed by atoms with E-state index in [1.165, 1.54) is 27.9 Å². The van der Waals surface area contributed by atoms with Crippen molar-refractivity contribution in [2.75, 3.05) is 19.0 Å². The number of nitrogens with one attached hydrogen (secondary N) is 1. The van der Waals surface area contributed by atoms with E-state index in [1.54, 1.807) is 7.05 Å². The van der Waals surface area contributed by atoms with Crippen molar-refractivity contribution in [2.45, 2.75) is 67.7 Å². The lowest BCUT2D eigenvalue weighted by Crippen LogP contribution is -2.33. The van der Waals surface area contributed by atoms with Gasteiger partial charge in [0, 0.05) is 18.7 Å². The monoisotopic (exact) mass is 562 g/mol. The summed E-state index contributed by atoms with van der Waals surface area (Å²) in [5, 5.41) is 33.7. The van der Waals surface area contributed by atoms with Crippen molar-refractivity contribution in [2.24, 2.45) is 0 Å². The molecule has 210 valence electrons. The van der Waals surface area contributed by atoms with Crippen molar-refractivity contribution < 1.29 is 37.8 Å². The van der Waals surface area contributed by atoms with Crippen LogP contribution in [-0.2, 0) is 21.4 Å². The lowest BCUT2D eigenvalue weighted by molar-refractivity contribution is -0.0511. The van der Waals surface area contributed by atoms with Crippen molar-refractivity contribution in [3.63, 3.8) is 0 Å². The van der Waals surface area contributed by atoms with Gasteiger partial charge in [-0.25, -0.2) is 15.0 Å². The molecule has 0 radical (unpaired) electrons. The Kier molecular flexibility index (Phi) is 7.54. The van der Waals surface area contributed by atoms with Crippen LogP contribution in [0.5, 0.6) is 0 Å². The van der Waals surface area contributed by atoms with Crippen LogP contribution in [0.25, 0.3) is 11.2 Å². The molecule has 39 heavy (non-hydrogen) atoms. The number of carbonyl (C=O) groups excluding carboxylic acids is 1. The summed E-state index contributed by atoms with van der Waals surface area (Å²) in [6.07, 6.45) is 0.871. The van der Waals surface area contributed by atoms with Gasteiger partial charge in [-0.2, -0.15) is 8.42 Å². The van der Waals surface area contributed by atoms with E-state index in [9.17, 15) is 33.1 Å². The summed E-state index contributed by atoms with van der Waals surface area (Å²) >= 11 is 0. The molecule has 3 aromatic rings. The average molecular weight is 563 g/mol.